The van der Waals surface area contributed by atoms with E-state index in [-0.39, 0.29) is 5.78 Å². The molecule has 1 fully saturated rings. The van der Waals surface area contributed by atoms with Crippen LogP contribution in [0.25, 0.3) is 0 Å². The van der Waals surface area contributed by atoms with Crippen molar-refractivity contribution in [2.45, 2.75) is 31.7 Å². The van der Waals surface area contributed by atoms with Gasteiger partial charge in [0.25, 0.3) is 0 Å². The first-order chi connectivity index (χ1) is 9.81. The maximum absolute atomic E-state index is 11.9. The van der Waals surface area contributed by atoms with Crippen LogP contribution in [0.5, 0.6) is 0 Å². The Kier molecular flexibility index (Phi) is 2.58. The third-order valence-corrected chi connectivity index (χ3v) is 3.90. The summed E-state index contributed by atoms with van der Waals surface area (Å²) < 4.78 is 5.28. The predicted octanol–water partition coefficient (Wildman–Crippen LogP) is 2.54. The Hall–Kier alpha value is -2.17. The Morgan fingerprint density at radius 2 is 2.15 bits per heavy atom. The van der Waals surface area contributed by atoms with Crippen LogP contribution in [0.3, 0.4) is 0 Å². The van der Waals surface area contributed by atoms with Gasteiger partial charge in [-0.05, 0) is 25.0 Å². The molecule has 2 heterocycles. The zero-order valence-corrected chi connectivity index (χ0v) is 11.1. The molecule has 5 heteroatoms. The summed E-state index contributed by atoms with van der Waals surface area (Å²) in [5.74, 6) is 2.16. The first-order valence-electron chi connectivity index (χ1n) is 7.01. The number of carbonyl (C=O) groups is 1. The number of para-hydroxylation sites is 1. The van der Waals surface area contributed by atoms with E-state index in [0.717, 1.165) is 30.0 Å². The number of hydrogen-bond donors (Lipinski definition) is 0. The van der Waals surface area contributed by atoms with Gasteiger partial charge in [-0.1, -0.05) is 17.3 Å². The fourth-order valence-electron chi connectivity index (χ4n) is 2.64. The third-order valence-electron chi connectivity index (χ3n) is 3.90. The van der Waals surface area contributed by atoms with E-state index in [2.05, 4.69) is 15.0 Å². The summed E-state index contributed by atoms with van der Waals surface area (Å²) in [5, 5.41) is 4.05. The van der Waals surface area contributed by atoms with Crippen LogP contribution in [0.15, 0.2) is 28.8 Å². The molecule has 2 aliphatic rings. The largest absolute Gasteiger partial charge is 0.363 e. The topological polar surface area (TPSA) is 59.2 Å². The van der Waals surface area contributed by atoms with Crippen molar-refractivity contribution >= 4 is 11.5 Å². The molecule has 0 radical (unpaired) electrons. The summed E-state index contributed by atoms with van der Waals surface area (Å²) in [6.45, 7) is 1.31. The zero-order chi connectivity index (χ0) is 13.5. The summed E-state index contributed by atoms with van der Waals surface area (Å²) in [4.78, 5) is 18.5. The Morgan fingerprint density at radius 3 is 3.00 bits per heavy atom. The van der Waals surface area contributed by atoms with E-state index in [1.165, 1.54) is 0 Å². The molecule has 1 saturated carbocycles. The van der Waals surface area contributed by atoms with E-state index in [4.69, 9.17) is 4.52 Å². The first-order valence-corrected chi connectivity index (χ1v) is 7.01. The maximum Gasteiger partial charge on any atom is 0.229 e. The molecular formula is C15H15N3O2. The summed E-state index contributed by atoms with van der Waals surface area (Å²) in [7, 11) is 0. The van der Waals surface area contributed by atoms with Crippen LogP contribution < -0.4 is 4.90 Å². The second-order valence-corrected chi connectivity index (χ2v) is 5.43. The van der Waals surface area contributed by atoms with E-state index in [1.807, 2.05) is 24.3 Å². The monoisotopic (exact) mass is 269 g/mol. The van der Waals surface area contributed by atoms with Gasteiger partial charge in [0, 0.05) is 30.1 Å². The summed E-state index contributed by atoms with van der Waals surface area (Å²) >= 11 is 0. The van der Waals surface area contributed by atoms with Gasteiger partial charge >= 0.3 is 0 Å². The molecule has 4 rings (SSSR count). The van der Waals surface area contributed by atoms with Gasteiger partial charge in [0.15, 0.2) is 11.6 Å². The summed E-state index contributed by atoms with van der Waals surface area (Å²) in [6.07, 6.45) is 2.86. The second-order valence-electron chi connectivity index (χ2n) is 5.43. The SMILES string of the molecule is O=C1CCN(Cc2noc(C3CC3)n2)c2ccccc21. The fourth-order valence-corrected chi connectivity index (χ4v) is 2.64. The lowest BCUT2D eigenvalue weighted by atomic mass is 10.0. The molecule has 1 aliphatic heterocycles. The van der Waals surface area contributed by atoms with Crippen molar-refractivity contribution in [3.05, 3.63) is 41.5 Å². The minimum absolute atomic E-state index is 0.212. The van der Waals surface area contributed by atoms with Gasteiger partial charge in [0.1, 0.15) is 0 Å². The molecule has 102 valence electrons. The standard InChI is InChI=1S/C15H15N3O2/c19-13-7-8-18(12-4-2-1-3-11(12)13)9-14-16-15(20-17-14)10-5-6-10/h1-4,10H,5-9H2. The van der Waals surface area contributed by atoms with Crippen LogP contribution >= 0.6 is 0 Å². The highest BCUT2D eigenvalue weighted by Crippen LogP contribution is 2.39. The van der Waals surface area contributed by atoms with Crippen molar-refractivity contribution in [2.75, 3.05) is 11.4 Å². The average Bonchev–Trinajstić information content (AvgIpc) is 3.23. The van der Waals surface area contributed by atoms with E-state index >= 15 is 0 Å². The number of hydrogen-bond acceptors (Lipinski definition) is 5. The lowest BCUT2D eigenvalue weighted by Crippen LogP contribution is -2.31. The number of aromatic nitrogens is 2. The van der Waals surface area contributed by atoms with Crippen molar-refractivity contribution < 1.29 is 9.32 Å². The molecule has 0 amide bonds. The highest BCUT2D eigenvalue weighted by molar-refractivity contribution is 6.03. The van der Waals surface area contributed by atoms with Crippen LogP contribution in [0.2, 0.25) is 0 Å². The number of Topliss-reactive ketones (excluding diaryl/α,β-unsaturated/α-hetero) is 1. The van der Waals surface area contributed by atoms with Gasteiger partial charge in [-0.15, -0.1) is 0 Å². The molecule has 0 saturated heterocycles. The van der Waals surface area contributed by atoms with E-state index in [1.54, 1.807) is 0 Å². The second kappa shape index (κ2) is 4.44. The van der Waals surface area contributed by atoms with Crippen LogP contribution in [-0.4, -0.2) is 22.5 Å². The molecule has 0 unspecified atom stereocenters. The number of rotatable bonds is 3. The highest BCUT2D eigenvalue weighted by Gasteiger charge is 2.30. The van der Waals surface area contributed by atoms with Crippen molar-refractivity contribution in [1.82, 2.24) is 10.1 Å². The molecular weight excluding hydrogens is 254 g/mol. The van der Waals surface area contributed by atoms with Gasteiger partial charge in [0.05, 0.1) is 6.54 Å². The highest BCUT2D eigenvalue weighted by atomic mass is 16.5. The molecule has 0 bridgehead atoms. The fraction of sp³-hybridized carbons (Fsp3) is 0.400. The van der Waals surface area contributed by atoms with E-state index < -0.39 is 0 Å². The number of benzene rings is 1. The number of fused-ring (bicyclic) bond motifs is 1. The normalized spacial score (nSPS) is 18.2. The van der Waals surface area contributed by atoms with Crippen LogP contribution in [0.1, 0.15) is 47.3 Å². The molecule has 1 aromatic heterocycles. The smallest absolute Gasteiger partial charge is 0.229 e. The predicted molar refractivity (Wildman–Crippen MR) is 72.7 cm³/mol. The lowest BCUT2D eigenvalue weighted by Gasteiger charge is -2.29. The van der Waals surface area contributed by atoms with Crippen LogP contribution in [-0.2, 0) is 6.54 Å². The average molecular weight is 269 g/mol. The van der Waals surface area contributed by atoms with Gasteiger partial charge < -0.3 is 9.42 Å². The molecule has 5 nitrogen and oxygen atoms in total. The molecule has 0 N–H and O–H groups in total. The molecule has 0 atom stereocenters. The maximum atomic E-state index is 11.9. The number of nitrogens with zero attached hydrogens (tertiary/aromatic N) is 3. The van der Waals surface area contributed by atoms with Gasteiger partial charge in [-0.3, -0.25) is 4.79 Å². The third kappa shape index (κ3) is 1.99. The minimum Gasteiger partial charge on any atom is -0.363 e. The van der Waals surface area contributed by atoms with Gasteiger partial charge in [0.2, 0.25) is 5.89 Å². The minimum atomic E-state index is 0.212. The molecule has 2 aromatic rings. The Bertz CT molecular complexity index is 661. The number of carbonyl (C=O) groups excluding carboxylic acids is 1. The lowest BCUT2D eigenvalue weighted by molar-refractivity contribution is 0.0979. The van der Waals surface area contributed by atoms with Gasteiger partial charge in [-0.25, -0.2) is 0 Å². The van der Waals surface area contributed by atoms with Crippen molar-refractivity contribution in [3.63, 3.8) is 0 Å². The number of ketones is 1. The van der Waals surface area contributed by atoms with E-state index in [0.29, 0.717) is 31.3 Å². The van der Waals surface area contributed by atoms with Crippen molar-refractivity contribution in [1.29, 1.82) is 0 Å². The zero-order valence-electron chi connectivity index (χ0n) is 11.1. The molecule has 0 spiro atoms. The van der Waals surface area contributed by atoms with Crippen molar-refractivity contribution in [3.8, 4) is 0 Å². The number of anilines is 1. The van der Waals surface area contributed by atoms with Gasteiger partial charge in [-0.2, -0.15) is 4.98 Å². The molecule has 20 heavy (non-hydrogen) atoms. The van der Waals surface area contributed by atoms with E-state index in [9.17, 15) is 4.79 Å². The molecule has 1 aromatic carbocycles. The Balaban J connectivity index is 1.59. The van der Waals surface area contributed by atoms with Crippen LogP contribution in [0, 0.1) is 0 Å². The Morgan fingerprint density at radius 1 is 1.30 bits per heavy atom. The van der Waals surface area contributed by atoms with Crippen LogP contribution in [0.4, 0.5) is 5.69 Å². The van der Waals surface area contributed by atoms with Crippen molar-refractivity contribution in [2.24, 2.45) is 0 Å². The molecule has 1 aliphatic carbocycles. The quantitative estimate of drug-likeness (QED) is 0.857. The Labute approximate surface area is 116 Å². The summed E-state index contributed by atoms with van der Waals surface area (Å²) in [5.41, 5.74) is 1.77. The first kappa shape index (κ1) is 11.6. The summed E-state index contributed by atoms with van der Waals surface area (Å²) in [6, 6.07) is 7.72.